The lowest BCUT2D eigenvalue weighted by molar-refractivity contribution is 0.641. The third-order valence-electron chi connectivity index (χ3n) is 3.65. The molecule has 0 saturated carbocycles. The van der Waals surface area contributed by atoms with Gasteiger partial charge in [0.25, 0.3) is 0 Å². The molecule has 21 heavy (non-hydrogen) atoms. The van der Waals surface area contributed by atoms with E-state index in [1.807, 2.05) is 43.5 Å². The van der Waals surface area contributed by atoms with Gasteiger partial charge in [0.15, 0.2) is 0 Å². The molecule has 0 bridgehead atoms. The monoisotopic (exact) mass is 279 g/mol. The van der Waals surface area contributed by atoms with E-state index >= 15 is 0 Å². The van der Waals surface area contributed by atoms with Crippen molar-refractivity contribution in [2.24, 2.45) is 0 Å². The maximum absolute atomic E-state index is 9.06. The second-order valence-electron chi connectivity index (χ2n) is 5.13. The van der Waals surface area contributed by atoms with Gasteiger partial charge in [-0.25, -0.2) is 9.97 Å². The molecule has 106 valence electrons. The third kappa shape index (κ3) is 2.95. The molecule has 0 radical (unpaired) electrons. The van der Waals surface area contributed by atoms with Crippen molar-refractivity contribution in [2.45, 2.75) is 6.92 Å². The van der Waals surface area contributed by atoms with E-state index in [1.54, 1.807) is 0 Å². The topological polar surface area (TPSA) is 56.1 Å². The first-order chi connectivity index (χ1) is 10.3. The van der Waals surface area contributed by atoms with Crippen LogP contribution in [0.4, 0.5) is 11.6 Å². The van der Waals surface area contributed by atoms with Crippen LogP contribution in [-0.4, -0.2) is 36.1 Å². The van der Waals surface area contributed by atoms with E-state index in [4.69, 9.17) is 5.26 Å². The van der Waals surface area contributed by atoms with Crippen molar-refractivity contribution < 1.29 is 0 Å². The molecule has 3 heterocycles. The fraction of sp³-hybridized carbons (Fsp3) is 0.312. The van der Waals surface area contributed by atoms with Gasteiger partial charge in [0.1, 0.15) is 11.6 Å². The maximum Gasteiger partial charge on any atom is 0.130 e. The Bertz CT molecular complexity index is 654. The lowest BCUT2D eigenvalue weighted by Crippen LogP contribution is -2.47. The summed E-state index contributed by atoms with van der Waals surface area (Å²) in [5.41, 5.74) is 1.56. The molecule has 5 nitrogen and oxygen atoms in total. The Balaban J connectivity index is 1.71. The highest BCUT2D eigenvalue weighted by atomic mass is 15.3. The molecule has 1 aliphatic heterocycles. The van der Waals surface area contributed by atoms with Crippen molar-refractivity contribution >= 4 is 11.6 Å². The Morgan fingerprint density at radius 1 is 1.05 bits per heavy atom. The summed E-state index contributed by atoms with van der Waals surface area (Å²) in [4.78, 5) is 13.4. The van der Waals surface area contributed by atoms with Crippen LogP contribution in [0.2, 0.25) is 0 Å². The smallest absolute Gasteiger partial charge is 0.130 e. The number of hydrogen-bond acceptors (Lipinski definition) is 5. The molecule has 3 rings (SSSR count). The van der Waals surface area contributed by atoms with Gasteiger partial charge in [-0.2, -0.15) is 5.26 Å². The largest absolute Gasteiger partial charge is 0.353 e. The molecule has 1 fully saturated rings. The molecule has 0 atom stereocenters. The predicted octanol–water partition coefficient (Wildman–Crippen LogP) is 1.98. The summed E-state index contributed by atoms with van der Waals surface area (Å²) in [5.74, 6) is 1.92. The second kappa shape index (κ2) is 5.80. The molecule has 0 aliphatic carbocycles. The zero-order valence-electron chi connectivity index (χ0n) is 12.0. The Hall–Kier alpha value is -2.61. The van der Waals surface area contributed by atoms with Gasteiger partial charge in [0, 0.05) is 38.1 Å². The molecule has 0 unspecified atom stereocenters. The standard InChI is InChI=1S/C16H17N5/c1-13-10-14(12-17)11-16(19-13)21-8-6-20(7-9-21)15-4-2-3-5-18-15/h2-5,10-11H,6-9H2,1H3. The van der Waals surface area contributed by atoms with E-state index in [1.165, 1.54) is 0 Å². The highest BCUT2D eigenvalue weighted by Crippen LogP contribution is 2.19. The number of aromatic nitrogens is 2. The first-order valence-corrected chi connectivity index (χ1v) is 7.06. The number of anilines is 2. The van der Waals surface area contributed by atoms with Gasteiger partial charge in [-0.3, -0.25) is 0 Å². The number of pyridine rings is 2. The molecule has 2 aromatic rings. The molecule has 0 amide bonds. The van der Waals surface area contributed by atoms with Crippen LogP contribution in [0.25, 0.3) is 0 Å². The minimum Gasteiger partial charge on any atom is -0.353 e. The highest BCUT2D eigenvalue weighted by molar-refractivity contribution is 5.49. The Morgan fingerprint density at radius 3 is 2.38 bits per heavy atom. The molecule has 0 aromatic carbocycles. The lowest BCUT2D eigenvalue weighted by atomic mass is 10.2. The summed E-state index contributed by atoms with van der Waals surface area (Å²) in [6.45, 7) is 5.52. The van der Waals surface area contributed by atoms with Crippen LogP contribution in [0.1, 0.15) is 11.3 Å². The average Bonchev–Trinajstić information content (AvgIpc) is 2.55. The van der Waals surface area contributed by atoms with Crippen molar-refractivity contribution in [1.29, 1.82) is 5.26 Å². The Morgan fingerprint density at radius 2 is 1.76 bits per heavy atom. The van der Waals surface area contributed by atoms with E-state index in [0.717, 1.165) is 43.5 Å². The van der Waals surface area contributed by atoms with Crippen molar-refractivity contribution in [3.63, 3.8) is 0 Å². The minimum atomic E-state index is 0.671. The number of hydrogen-bond donors (Lipinski definition) is 0. The minimum absolute atomic E-state index is 0.671. The van der Waals surface area contributed by atoms with Crippen LogP contribution in [0.3, 0.4) is 0 Å². The summed E-state index contributed by atoms with van der Waals surface area (Å²) in [7, 11) is 0. The fourth-order valence-electron chi connectivity index (χ4n) is 2.58. The van der Waals surface area contributed by atoms with Gasteiger partial charge >= 0.3 is 0 Å². The van der Waals surface area contributed by atoms with Crippen LogP contribution in [0.15, 0.2) is 36.5 Å². The van der Waals surface area contributed by atoms with E-state index in [2.05, 4.69) is 25.8 Å². The quantitative estimate of drug-likeness (QED) is 0.841. The van der Waals surface area contributed by atoms with Crippen LogP contribution in [0, 0.1) is 18.3 Å². The van der Waals surface area contributed by atoms with Crippen molar-refractivity contribution in [3.05, 3.63) is 47.8 Å². The van der Waals surface area contributed by atoms with Gasteiger partial charge in [-0.1, -0.05) is 6.07 Å². The first-order valence-electron chi connectivity index (χ1n) is 7.06. The average molecular weight is 279 g/mol. The molecular weight excluding hydrogens is 262 g/mol. The summed E-state index contributed by atoms with van der Waals surface area (Å²) >= 11 is 0. The number of nitrogens with zero attached hydrogens (tertiary/aromatic N) is 5. The molecule has 2 aromatic heterocycles. The normalized spacial score (nSPS) is 14.9. The fourth-order valence-corrected chi connectivity index (χ4v) is 2.58. The SMILES string of the molecule is Cc1cc(C#N)cc(N2CCN(c3ccccn3)CC2)n1. The summed E-state index contributed by atoms with van der Waals surface area (Å²) in [5, 5.41) is 9.06. The number of nitriles is 1. The number of piperazine rings is 1. The Labute approximate surface area is 124 Å². The summed E-state index contributed by atoms with van der Waals surface area (Å²) < 4.78 is 0. The van der Waals surface area contributed by atoms with E-state index in [-0.39, 0.29) is 0 Å². The van der Waals surface area contributed by atoms with Gasteiger partial charge in [0.2, 0.25) is 0 Å². The van der Waals surface area contributed by atoms with E-state index < -0.39 is 0 Å². The van der Waals surface area contributed by atoms with Crippen molar-refractivity contribution in [1.82, 2.24) is 9.97 Å². The number of aryl methyl sites for hydroxylation is 1. The van der Waals surface area contributed by atoms with Gasteiger partial charge in [-0.05, 0) is 31.2 Å². The predicted molar refractivity (Wildman–Crippen MR) is 82.4 cm³/mol. The van der Waals surface area contributed by atoms with E-state index in [9.17, 15) is 0 Å². The summed E-state index contributed by atoms with van der Waals surface area (Å²) in [6.07, 6.45) is 1.82. The maximum atomic E-state index is 9.06. The van der Waals surface area contributed by atoms with E-state index in [0.29, 0.717) is 5.56 Å². The van der Waals surface area contributed by atoms with Crippen molar-refractivity contribution in [2.75, 3.05) is 36.0 Å². The molecular formula is C16H17N5. The molecule has 5 heteroatoms. The second-order valence-corrected chi connectivity index (χ2v) is 5.13. The van der Waals surface area contributed by atoms with Crippen molar-refractivity contribution in [3.8, 4) is 6.07 Å². The third-order valence-corrected chi connectivity index (χ3v) is 3.65. The van der Waals surface area contributed by atoms with Gasteiger partial charge < -0.3 is 9.80 Å². The molecule has 0 spiro atoms. The van der Waals surface area contributed by atoms with Crippen LogP contribution < -0.4 is 9.80 Å². The molecule has 1 aliphatic rings. The molecule has 1 saturated heterocycles. The lowest BCUT2D eigenvalue weighted by Gasteiger charge is -2.36. The molecule has 0 N–H and O–H groups in total. The zero-order chi connectivity index (χ0) is 14.7. The van der Waals surface area contributed by atoms with Crippen LogP contribution in [0.5, 0.6) is 0 Å². The Kier molecular flexibility index (Phi) is 3.69. The highest BCUT2D eigenvalue weighted by Gasteiger charge is 2.19. The first kappa shape index (κ1) is 13.4. The van der Waals surface area contributed by atoms with Crippen LogP contribution >= 0.6 is 0 Å². The zero-order valence-corrected chi connectivity index (χ0v) is 12.0. The van der Waals surface area contributed by atoms with Gasteiger partial charge in [0.05, 0.1) is 11.6 Å². The number of rotatable bonds is 2. The van der Waals surface area contributed by atoms with Gasteiger partial charge in [-0.15, -0.1) is 0 Å². The van der Waals surface area contributed by atoms with Crippen LogP contribution in [-0.2, 0) is 0 Å². The summed E-state index contributed by atoms with van der Waals surface area (Å²) in [6, 6.07) is 11.8.